The van der Waals surface area contributed by atoms with Crippen molar-refractivity contribution in [2.24, 2.45) is 11.8 Å². The van der Waals surface area contributed by atoms with Crippen LogP contribution in [0.1, 0.15) is 57.1 Å². The van der Waals surface area contributed by atoms with E-state index in [-0.39, 0.29) is 11.3 Å². The van der Waals surface area contributed by atoms with E-state index in [1.54, 1.807) is 0 Å². The van der Waals surface area contributed by atoms with Crippen LogP contribution < -0.4 is 10.1 Å². The van der Waals surface area contributed by atoms with E-state index in [2.05, 4.69) is 17.4 Å². The van der Waals surface area contributed by atoms with Crippen LogP contribution >= 0.6 is 0 Å². The summed E-state index contributed by atoms with van der Waals surface area (Å²) in [5.41, 5.74) is 3.13. The number of carboxylic acid groups (broad SMARTS) is 1. The SMILES string of the molecule is CC(C)C(OC(=O)O)Oc1ccc2c(c1)[C@@]13CCCC[C@H]1[C@@H](C2)NCC3. The quantitative estimate of drug-likeness (QED) is 0.626. The minimum Gasteiger partial charge on any atom is -0.454 e. The first-order valence-corrected chi connectivity index (χ1v) is 9.92. The minimum absolute atomic E-state index is 0.0500. The zero-order valence-electron chi connectivity index (χ0n) is 15.7. The van der Waals surface area contributed by atoms with Gasteiger partial charge in [-0.1, -0.05) is 32.8 Å². The van der Waals surface area contributed by atoms with Crippen LogP contribution in [-0.2, 0) is 16.6 Å². The number of ether oxygens (including phenoxy) is 2. The fraction of sp³-hybridized carbons (Fsp3) is 0.667. The predicted molar refractivity (Wildman–Crippen MR) is 98.6 cm³/mol. The highest BCUT2D eigenvalue weighted by Crippen LogP contribution is 2.54. The number of hydrogen-bond donors (Lipinski definition) is 2. The highest BCUT2D eigenvalue weighted by molar-refractivity contribution is 5.57. The Bertz CT molecular complexity index is 685. The monoisotopic (exact) mass is 359 g/mol. The topological polar surface area (TPSA) is 67.8 Å². The molecule has 1 aromatic rings. The number of rotatable bonds is 4. The van der Waals surface area contributed by atoms with Gasteiger partial charge in [0.25, 0.3) is 0 Å². The molecule has 3 aliphatic rings. The van der Waals surface area contributed by atoms with Gasteiger partial charge < -0.3 is 19.9 Å². The lowest BCUT2D eigenvalue weighted by Crippen LogP contribution is -2.59. The van der Waals surface area contributed by atoms with Crippen molar-refractivity contribution in [3.05, 3.63) is 29.3 Å². The maximum absolute atomic E-state index is 11.0. The summed E-state index contributed by atoms with van der Waals surface area (Å²) in [6.07, 6.45) is 5.38. The van der Waals surface area contributed by atoms with Crippen molar-refractivity contribution >= 4 is 6.16 Å². The Kier molecular flexibility index (Phi) is 4.59. The lowest BCUT2D eigenvalue weighted by molar-refractivity contribution is -0.0794. The average molecular weight is 359 g/mol. The number of hydrogen-bond acceptors (Lipinski definition) is 4. The zero-order valence-corrected chi connectivity index (χ0v) is 15.7. The number of fused-ring (bicyclic) bond motifs is 1. The normalized spacial score (nSPS) is 30.9. The average Bonchev–Trinajstić information content (AvgIpc) is 2.61. The number of carbonyl (C=O) groups is 1. The first-order chi connectivity index (χ1) is 12.5. The third kappa shape index (κ3) is 2.96. The van der Waals surface area contributed by atoms with E-state index in [9.17, 15) is 4.79 Å². The fourth-order valence-corrected chi connectivity index (χ4v) is 5.51. The molecule has 0 amide bonds. The molecule has 5 heteroatoms. The summed E-state index contributed by atoms with van der Waals surface area (Å²) >= 11 is 0. The Morgan fingerprint density at radius 3 is 2.92 bits per heavy atom. The highest BCUT2D eigenvalue weighted by Gasteiger charge is 2.51. The van der Waals surface area contributed by atoms with Crippen molar-refractivity contribution < 1.29 is 19.4 Å². The van der Waals surface area contributed by atoms with Crippen LogP contribution in [0.2, 0.25) is 0 Å². The second kappa shape index (κ2) is 6.76. The first kappa shape index (κ1) is 17.7. The molecular formula is C21H29NO4. The Morgan fingerprint density at radius 1 is 1.31 bits per heavy atom. The van der Waals surface area contributed by atoms with E-state index in [1.807, 2.05) is 19.9 Å². The summed E-state index contributed by atoms with van der Waals surface area (Å²) in [6, 6.07) is 6.92. The van der Waals surface area contributed by atoms with Crippen molar-refractivity contribution in [3.8, 4) is 5.75 Å². The molecule has 1 saturated carbocycles. The molecule has 5 nitrogen and oxygen atoms in total. The summed E-state index contributed by atoms with van der Waals surface area (Å²) < 4.78 is 10.9. The van der Waals surface area contributed by atoms with Gasteiger partial charge in [0, 0.05) is 17.4 Å². The molecule has 2 bridgehead atoms. The summed E-state index contributed by atoms with van der Waals surface area (Å²) in [5, 5.41) is 12.7. The molecule has 1 aromatic carbocycles. The van der Waals surface area contributed by atoms with Gasteiger partial charge in [0.2, 0.25) is 6.29 Å². The lowest BCUT2D eigenvalue weighted by atomic mass is 9.53. The second-order valence-corrected chi connectivity index (χ2v) is 8.46. The van der Waals surface area contributed by atoms with Crippen molar-refractivity contribution in [2.45, 2.75) is 70.1 Å². The maximum Gasteiger partial charge on any atom is 0.508 e. The van der Waals surface area contributed by atoms with Gasteiger partial charge in [0.1, 0.15) is 5.75 Å². The van der Waals surface area contributed by atoms with Gasteiger partial charge in [-0.05, 0) is 61.4 Å². The molecule has 1 heterocycles. The van der Waals surface area contributed by atoms with E-state index in [0.717, 1.165) is 18.7 Å². The summed E-state index contributed by atoms with van der Waals surface area (Å²) in [7, 11) is 0. The smallest absolute Gasteiger partial charge is 0.454 e. The number of benzene rings is 1. The van der Waals surface area contributed by atoms with Crippen LogP contribution in [0, 0.1) is 11.8 Å². The zero-order chi connectivity index (χ0) is 18.3. The first-order valence-electron chi connectivity index (χ1n) is 9.92. The Balaban J connectivity index is 1.67. The molecule has 4 rings (SSSR count). The van der Waals surface area contributed by atoms with Crippen molar-refractivity contribution in [1.29, 1.82) is 0 Å². The third-order valence-corrected chi connectivity index (χ3v) is 6.63. The van der Waals surface area contributed by atoms with Gasteiger partial charge in [0.05, 0.1) is 0 Å². The van der Waals surface area contributed by atoms with Crippen LogP contribution in [-0.4, -0.2) is 30.1 Å². The van der Waals surface area contributed by atoms with Gasteiger partial charge in [-0.15, -0.1) is 0 Å². The molecule has 142 valence electrons. The molecule has 0 aromatic heterocycles. The standard InChI is InChI=1S/C21H29NO4/c1-13(2)19(26-20(23)24)25-15-7-6-14-11-18-16-5-3-4-8-21(16,9-10-22-18)17(14)12-15/h6-7,12-13,16,18-19,22H,3-5,8-11H2,1-2H3,(H,23,24)/t16-,18+,19?,21+/m0/s1. The van der Waals surface area contributed by atoms with Crippen LogP contribution in [0.4, 0.5) is 4.79 Å². The molecule has 1 saturated heterocycles. The molecular weight excluding hydrogens is 330 g/mol. The highest BCUT2D eigenvalue weighted by atomic mass is 16.8. The van der Waals surface area contributed by atoms with E-state index in [4.69, 9.17) is 14.6 Å². The van der Waals surface area contributed by atoms with Gasteiger partial charge in [0.15, 0.2) is 0 Å². The van der Waals surface area contributed by atoms with Gasteiger partial charge >= 0.3 is 6.16 Å². The van der Waals surface area contributed by atoms with Crippen LogP contribution in [0.3, 0.4) is 0 Å². The number of nitrogens with one attached hydrogen (secondary N) is 1. The molecule has 1 unspecified atom stereocenters. The van der Waals surface area contributed by atoms with E-state index < -0.39 is 12.4 Å². The van der Waals surface area contributed by atoms with Crippen LogP contribution in [0.15, 0.2) is 18.2 Å². The molecule has 0 radical (unpaired) electrons. The molecule has 4 atom stereocenters. The fourth-order valence-electron chi connectivity index (χ4n) is 5.51. The second-order valence-electron chi connectivity index (χ2n) is 8.46. The summed E-state index contributed by atoms with van der Waals surface area (Å²) in [4.78, 5) is 11.0. The van der Waals surface area contributed by atoms with Gasteiger partial charge in [-0.3, -0.25) is 0 Å². The van der Waals surface area contributed by atoms with Gasteiger partial charge in [-0.2, -0.15) is 0 Å². The van der Waals surface area contributed by atoms with Crippen molar-refractivity contribution in [2.75, 3.05) is 6.54 Å². The predicted octanol–water partition coefficient (Wildman–Crippen LogP) is 4.09. The van der Waals surface area contributed by atoms with Crippen molar-refractivity contribution in [3.63, 3.8) is 0 Å². The Hall–Kier alpha value is -1.75. The van der Waals surface area contributed by atoms with E-state index in [0.29, 0.717) is 12.0 Å². The van der Waals surface area contributed by atoms with Crippen LogP contribution in [0.25, 0.3) is 0 Å². The largest absolute Gasteiger partial charge is 0.508 e. The summed E-state index contributed by atoms with van der Waals surface area (Å²) in [5.74, 6) is 1.38. The summed E-state index contributed by atoms with van der Waals surface area (Å²) in [6.45, 7) is 4.89. The molecule has 2 fully saturated rings. The van der Waals surface area contributed by atoms with Gasteiger partial charge in [-0.25, -0.2) is 4.79 Å². The molecule has 1 aliphatic heterocycles. The Morgan fingerprint density at radius 2 is 2.15 bits per heavy atom. The molecule has 2 aliphatic carbocycles. The van der Waals surface area contributed by atoms with Crippen LogP contribution in [0.5, 0.6) is 5.75 Å². The minimum atomic E-state index is -1.30. The van der Waals surface area contributed by atoms with Crippen molar-refractivity contribution in [1.82, 2.24) is 5.32 Å². The molecule has 26 heavy (non-hydrogen) atoms. The van der Waals surface area contributed by atoms with E-state index in [1.165, 1.54) is 43.2 Å². The lowest BCUT2D eigenvalue weighted by Gasteiger charge is -2.56. The third-order valence-electron chi connectivity index (χ3n) is 6.63. The Labute approximate surface area is 155 Å². The van der Waals surface area contributed by atoms with E-state index >= 15 is 0 Å². The molecule has 0 spiro atoms. The maximum atomic E-state index is 11.0. The number of piperidine rings is 1. The molecule has 2 N–H and O–H groups in total.